The molecule has 5 heterocycles. The first kappa shape index (κ1) is 27.9. The highest BCUT2D eigenvalue weighted by atomic mass is 16.5. The van der Waals surface area contributed by atoms with Gasteiger partial charge in [-0.05, 0) is 75.4 Å². The van der Waals surface area contributed by atoms with E-state index in [1.165, 1.54) is 11.1 Å². The summed E-state index contributed by atoms with van der Waals surface area (Å²) in [6.07, 6.45) is 4.18. The molecule has 0 spiro atoms. The van der Waals surface area contributed by atoms with Gasteiger partial charge in [0.05, 0.1) is 47.6 Å². The largest absolute Gasteiger partial charge is 0.497 e. The first-order chi connectivity index (χ1) is 21.3. The van der Waals surface area contributed by atoms with E-state index in [1.54, 1.807) is 25.3 Å². The number of ether oxygens (including phenoxy) is 1. The van der Waals surface area contributed by atoms with Crippen molar-refractivity contribution in [2.75, 3.05) is 39.1 Å². The lowest BCUT2D eigenvalue weighted by molar-refractivity contribution is 0.0516. The molecule has 2 aromatic carbocycles. The Balaban J connectivity index is 1.11. The lowest BCUT2D eigenvalue weighted by Crippen LogP contribution is -2.46. The van der Waals surface area contributed by atoms with E-state index in [9.17, 15) is 19.5 Å². The fourth-order valence-electron chi connectivity index (χ4n) is 6.31. The number of benzene rings is 2. The number of aliphatic hydroxyl groups excluding tert-OH is 1. The molecule has 2 aliphatic rings. The minimum absolute atomic E-state index is 0.118. The van der Waals surface area contributed by atoms with Crippen LogP contribution in [0, 0.1) is 0 Å². The second-order valence-electron chi connectivity index (χ2n) is 11.5. The van der Waals surface area contributed by atoms with Crippen LogP contribution in [0.4, 0.5) is 5.69 Å². The van der Waals surface area contributed by atoms with Crippen molar-refractivity contribution in [3.05, 3.63) is 76.3 Å². The number of nitrogens with one attached hydrogen (secondary N) is 3. The number of hydrogen-bond acceptors (Lipinski definition) is 8. The number of carbonyl (C=O) groups is 2. The molecule has 3 aromatic heterocycles. The molecular weight excluding hydrogens is 562 g/mol. The standard InChI is InChI=1S/C32H33N7O5/c1-37-10-7-19(8-11-37)39-31(42)22-14-25-26(15-23(22)32(39)43)36-29(35-25)28-24(5-9-33-30(28)41)34-16-20(40)17-38-12-6-18-13-21(44-2)3-4-27(18)38/h3-6,9,12-15,19-20,40H,7-8,10-11,16-17H2,1-2H3,(H,35,36)(H2,33,34,41). The normalized spacial score (nSPS) is 16.7. The van der Waals surface area contributed by atoms with E-state index < -0.39 is 6.10 Å². The van der Waals surface area contributed by atoms with Gasteiger partial charge in [0.1, 0.15) is 17.1 Å². The summed E-state index contributed by atoms with van der Waals surface area (Å²) in [6, 6.07) is 12.6. The molecule has 5 aromatic rings. The highest BCUT2D eigenvalue weighted by Crippen LogP contribution is 2.33. The lowest BCUT2D eigenvalue weighted by atomic mass is 10.0. The number of pyridine rings is 1. The summed E-state index contributed by atoms with van der Waals surface area (Å²) < 4.78 is 7.27. The van der Waals surface area contributed by atoms with E-state index in [1.807, 2.05) is 42.1 Å². The van der Waals surface area contributed by atoms with Crippen molar-refractivity contribution < 1.29 is 19.4 Å². The Bertz CT molecular complexity index is 1910. The number of aromatic nitrogens is 4. The smallest absolute Gasteiger partial charge is 0.261 e. The molecule has 1 unspecified atom stereocenters. The van der Waals surface area contributed by atoms with Gasteiger partial charge in [0.25, 0.3) is 17.4 Å². The van der Waals surface area contributed by atoms with E-state index in [-0.39, 0.29) is 35.5 Å². The molecule has 2 aliphatic heterocycles. The number of imide groups is 1. The molecule has 12 heteroatoms. The maximum absolute atomic E-state index is 13.3. The van der Waals surface area contributed by atoms with Crippen molar-refractivity contribution in [2.24, 2.45) is 0 Å². The van der Waals surface area contributed by atoms with Crippen LogP contribution < -0.4 is 15.6 Å². The van der Waals surface area contributed by atoms with Crippen molar-refractivity contribution in [1.29, 1.82) is 0 Å². The van der Waals surface area contributed by atoms with E-state index in [2.05, 4.69) is 25.2 Å². The van der Waals surface area contributed by atoms with Gasteiger partial charge in [0, 0.05) is 35.9 Å². The van der Waals surface area contributed by atoms with Crippen LogP contribution in [0.1, 0.15) is 33.6 Å². The highest BCUT2D eigenvalue weighted by molar-refractivity contribution is 6.23. The Labute approximate surface area is 252 Å². The van der Waals surface area contributed by atoms with Crippen molar-refractivity contribution in [1.82, 2.24) is 29.3 Å². The average molecular weight is 596 g/mol. The highest BCUT2D eigenvalue weighted by Gasteiger charge is 2.41. The number of likely N-dealkylation sites (tertiary alicyclic amines) is 1. The van der Waals surface area contributed by atoms with Crippen LogP contribution in [0.5, 0.6) is 5.75 Å². The Hall–Kier alpha value is -4.94. The minimum Gasteiger partial charge on any atom is -0.497 e. The molecular formula is C32H33N7O5. The molecule has 0 saturated carbocycles. The molecule has 4 N–H and O–H groups in total. The molecule has 12 nitrogen and oxygen atoms in total. The van der Waals surface area contributed by atoms with Gasteiger partial charge in [-0.25, -0.2) is 4.98 Å². The zero-order valence-electron chi connectivity index (χ0n) is 24.5. The van der Waals surface area contributed by atoms with Gasteiger partial charge in [-0.1, -0.05) is 0 Å². The summed E-state index contributed by atoms with van der Waals surface area (Å²) in [5.41, 5.74) is 3.06. The zero-order valence-corrected chi connectivity index (χ0v) is 24.5. The Morgan fingerprint density at radius 3 is 2.61 bits per heavy atom. The van der Waals surface area contributed by atoms with Crippen LogP contribution in [-0.2, 0) is 6.54 Å². The maximum Gasteiger partial charge on any atom is 0.261 e. The molecule has 1 saturated heterocycles. The minimum atomic E-state index is -0.761. The summed E-state index contributed by atoms with van der Waals surface area (Å²) in [4.78, 5) is 53.8. The second-order valence-corrected chi connectivity index (χ2v) is 11.5. The fraction of sp³-hybridized carbons (Fsp3) is 0.312. The Morgan fingerprint density at radius 2 is 1.84 bits per heavy atom. The summed E-state index contributed by atoms with van der Waals surface area (Å²) >= 11 is 0. The third-order valence-corrected chi connectivity index (χ3v) is 8.68. The second kappa shape index (κ2) is 11.0. The topological polar surface area (TPSA) is 149 Å². The number of hydrogen-bond donors (Lipinski definition) is 4. The molecule has 0 radical (unpaired) electrons. The van der Waals surface area contributed by atoms with Crippen molar-refractivity contribution in [3.8, 4) is 17.1 Å². The summed E-state index contributed by atoms with van der Waals surface area (Å²) in [7, 11) is 3.66. The number of fused-ring (bicyclic) bond motifs is 3. The third kappa shape index (κ3) is 4.81. The molecule has 7 rings (SSSR count). The SMILES string of the molecule is COc1ccc2c(ccn2CC(O)CNc2cc[nH]c(=O)c2-c2nc3cc4c(cc3[nH]2)C(=O)N(C2CCN(C)CC2)C4=O)c1. The number of nitrogens with zero attached hydrogens (tertiary/aromatic N) is 4. The number of piperidine rings is 1. The van der Waals surface area contributed by atoms with Crippen molar-refractivity contribution in [2.45, 2.75) is 31.5 Å². The lowest BCUT2D eigenvalue weighted by Gasteiger charge is -2.33. The number of anilines is 1. The van der Waals surface area contributed by atoms with Crippen LogP contribution >= 0.6 is 0 Å². The van der Waals surface area contributed by atoms with E-state index in [0.29, 0.717) is 40.2 Å². The third-order valence-electron chi connectivity index (χ3n) is 8.68. The van der Waals surface area contributed by atoms with Crippen molar-refractivity contribution in [3.63, 3.8) is 0 Å². The number of aromatic amines is 2. The summed E-state index contributed by atoms with van der Waals surface area (Å²) in [5, 5.41) is 15.1. The predicted octanol–water partition coefficient (Wildman–Crippen LogP) is 3.04. The molecule has 2 amide bonds. The monoisotopic (exact) mass is 595 g/mol. The van der Waals surface area contributed by atoms with E-state index in [4.69, 9.17) is 4.74 Å². The van der Waals surface area contributed by atoms with Crippen LogP contribution in [0.3, 0.4) is 0 Å². The van der Waals surface area contributed by atoms with Gasteiger partial charge in [-0.3, -0.25) is 19.3 Å². The van der Waals surface area contributed by atoms with Crippen LogP contribution in [0.15, 0.2) is 59.7 Å². The molecule has 44 heavy (non-hydrogen) atoms. The number of aliphatic hydroxyl groups is 1. The quantitative estimate of drug-likeness (QED) is 0.200. The van der Waals surface area contributed by atoms with Crippen LogP contribution in [0.25, 0.3) is 33.3 Å². The predicted molar refractivity (Wildman–Crippen MR) is 166 cm³/mol. The van der Waals surface area contributed by atoms with Gasteiger partial charge in [-0.2, -0.15) is 0 Å². The molecule has 1 fully saturated rings. The van der Waals surface area contributed by atoms with Crippen molar-refractivity contribution >= 4 is 39.4 Å². The number of methoxy groups -OCH3 is 1. The average Bonchev–Trinajstić information content (AvgIpc) is 3.69. The van der Waals surface area contributed by atoms with Crippen LogP contribution in [-0.4, -0.2) is 92.2 Å². The number of amides is 2. The Morgan fingerprint density at radius 1 is 1.07 bits per heavy atom. The first-order valence-corrected chi connectivity index (χ1v) is 14.7. The first-order valence-electron chi connectivity index (χ1n) is 14.7. The van der Waals surface area contributed by atoms with Gasteiger partial charge in [0.15, 0.2) is 0 Å². The number of rotatable bonds is 8. The number of imidazole rings is 1. The zero-order chi connectivity index (χ0) is 30.5. The molecule has 226 valence electrons. The number of carbonyl (C=O) groups excluding carboxylic acids is 2. The van der Waals surface area contributed by atoms with Gasteiger partial charge in [0.2, 0.25) is 0 Å². The van der Waals surface area contributed by atoms with Gasteiger partial charge in [-0.15, -0.1) is 0 Å². The molecule has 0 aliphatic carbocycles. The van der Waals surface area contributed by atoms with Gasteiger partial charge < -0.3 is 34.6 Å². The van der Waals surface area contributed by atoms with E-state index in [0.717, 1.165) is 42.6 Å². The van der Waals surface area contributed by atoms with Gasteiger partial charge >= 0.3 is 0 Å². The summed E-state index contributed by atoms with van der Waals surface area (Å²) in [5.74, 6) is 0.470. The number of H-pyrrole nitrogens is 2. The molecule has 0 bridgehead atoms. The fourth-order valence-corrected chi connectivity index (χ4v) is 6.31. The molecule has 1 atom stereocenters. The maximum atomic E-state index is 13.3. The Kier molecular flexibility index (Phi) is 6.94. The summed E-state index contributed by atoms with van der Waals surface area (Å²) in [6.45, 7) is 2.19. The van der Waals surface area contributed by atoms with Crippen LogP contribution in [0.2, 0.25) is 0 Å². The van der Waals surface area contributed by atoms with E-state index >= 15 is 0 Å².